The fraction of sp³-hybridized carbons (Fsp3) is 0.400. The Bertz CT molecular complexity index is 759. The molecule has 0 saturated carbocycles. The van der Waals surface area contributed by atoms with Crippen molar-refractivity contribution in [2.24, 2.45) is 17.8 Å². The number of esters is 1. The third-order valence-corrected chi connectivity index (χ3v) is 4.30. The van der Waals surface area contributed by atoms with E-state index in [0.717, 1.165) is 12.0 Å². The lowest BCUT2D eigenvalue weighted by atomic mass is 9.73. The lowest BCUT2D eigenvalue weighted by Crippen LogP contribution is -2.32. The maximum atomic E-state index is 10.7. The summed E-state index contributed by atoms with van der Waals surface area (Å²) in [7, 11) is 0. The summed E-state index contributed by atoms with van der Waals surface area (Å²) in [6, 6.07) is 0. The standard InChI is InChI=1S/C20H18N2O2/c1-5-8-18-17-10-9-16(13-17)14-19(18)20(21-3,22-4)11-6-7-12-24-15(2)23/h8-10,14,16-18H,1,11-13H2,2H3/t16-,17+,18-/m0/s1. The smallest absolute Gasteiger partial charge is 0.453 e. The highest BCUT2D eigenvalue weighted by Gasteiger charge is 2.53. The molecule has 0 saturated heterocycles. The van der Waals surface area contributed by atoms with Crippen LogP contribution in [0.5, 0.6) is 0 Å². The van der Waals surface area contributed by atoms with Gasteiger partial charge in [-0.2, -0.15) is 0 Å². The molecule has 0 aliphatic heterocycles. The van der Waals surface area contributed by atoms with Crippen LogP contribution in [-0.4, -0.2) is 18.2 Å². The molecule has 0 fully saturated rings. The first-order chi connectivity index (χ1) is 11.6. The molecule has 24 heavy (non-hydrogen) atoms. The number of carbonyl (C=O) groups is 1. The fourth-order valence-corrected chi connectivity index (χ4v) is 3.17. The van der Waals surface area contributed by atoms with E-state index >= 15 is 0 Å². The van der Waals surface area contributed by atoms with Crippen molar-refractivity contribution in [3.05, 3.63) is 65.0 Å². The maximum absolute atomic E-state index is 10.7. The summed E-state index contributed by atoms with van der Waals surface area (Å²) in [5, 5.41) is 0. The Morgan fingerprint density at radius 1 is 1.46 bits per heavy atom. The number of ether oxygens (including phenoxy) is 1. The van der Waals surface area contributed by atoms with E-state index < -0.39 is 11.6 Å². The van der Waals surface area contributed by atoms with Crippen LogP contribution in [0.15, 0.2) is 42.2 Å². The second kappa shape index (κ2) is 7.52. The molecule has 2 aliphatic carbocycles. The molecule has 0 radical (unpaired) electrons. The summed E-state index contributed by atoms with van der Waals surface area (Å²) in [4.78, 5) is 18.0. The van der Waals surface area contributed by atoms with Gasteiger partial charge in [0.1, 0.15) is 5.57 Å². The number of fused-ring (bicyclic) bond motifs is 2. The first-order valence-corrected chi connectivity index (χ1v) is 7.69. The van der Waals surface area contributed by atoms with E-state index in [-0.39, 0.29) is 30.8 Å². The highest BCUT2D eigenvalue weighted by Crippen LogP contribution is 2.47. The third-order valence-electron chi connectivity index (χ3n) is 4.30. The second-order valence-corrected chi connectivity index (χ2v) is 5.82. The average Bonchev–Trinajstić information content (AvgIpc) is 2.96. The van der Waals surface area contributed by atoms with Gasteiger partial charge in [0.2, 0.25) is 0 Å². The molecule has 2 rings (SSSR count). The van der Waals surface area contributed by atoms with Gasteiger partial charge in [-0.15, -0.1) is 5.73 Å². The van der Waals surface area contributed by atoms with E-state index in [0.29, 0.717) is 0 Å². The molecule has 4 nitrogen and oxygen atoms in total. The van der Waals surface area contributed by atoms with Gasteiger partial charge in [0, 0.05) is 12.8 Å². The fourth-order valence-electron chi connectivity index (χ4n) is 3.17. The Hall–Kier alpha value is -2.99. The van der Waals surface area contributed by atoms with Crippen LogP contribution in [0.4, 0.5) is 0 Å². The van der Waals surface area contributed by atoms with Crippen LogP contribution in [-0.2, 0) is 9.53 Å². The van der Waals surface area contributed by atoms with Gasteiger partial charge in [-0.3, -0.25) is 4.79 Å². The largest absolute Gasteiger partial charge is 0.517 e. The van der Waals surface area contributed by atoms with Crippen LogP contribution >= 0.6 is 0 Å². The third kappa shape index (κ3) is 3.49. The normalized spacial score (nSPS) is 23.6. The molecular weight excluding hydrogens is 300 g/mol. The summed E-state index contributed by atoms with van der Waals surface area (Å²) in [5.41, 5.74) is 2.26. The Morgan fingerprint density at radius 3 is 2.83 bits per heavy atom. The summed E-state index contributed by atoms with van der Waals surface area (Å²) in [6.07, 6.45) is 9.25. The zero-order chi connectivity index (χ0) is 17.6. The summed E-state index contributed by atoms with van der Waals surface area (Å²) in [6.45, 7) is 20.2. The van der Waals surface area contributed by atoms with Crippen molar-refractivity contribution >= 4 is 5.97 Å². The van der Waals surface area contributed by atoms with Crippen LogP contribution in [0.25, 0.3) is 9.69 Å². The minimum atomic E-state index is -1.34. The molecule has 4 heteroatoms. The van der Waals surface area contributed by atoms with Gasteiger partial charge in [0.15, 0.2) is 13.0 Å². The molecule has 0 N–H and O–H groups in total. The van der Waals surface area contributed by atoms with Crippen LogP contribution in [0.3, 0.4) is 0 Å². The highest BCUT2D eigenvalue weighted by molar-refractivity contribution is 5.66. The van der Waals surface area contributed by atoms with E-state index in [1.165, 1.54) is 6.92 Å². The lowest BCUT2D eigenvalue weighted by molar-refractivity contribution is -0.139. The van der Waals surface area contributed by atoms with E-state index in [1.54, 1.807) is 0 Å². The van der Waals surface area contributed by atoms with Crippen molar-refractivity contribution < 1.29 is 9.53 Å². The molecule has 0 amide bonds. The molecule has 0 unspecified atom stereocenters. The first-order valence-electron chi connectivity index (χ1n) is 7.69. The summed E-state index contributed by atoms with van der Waals surface area (Å²) >= 11 is 0. The van der Waals surface area contributed by atoms with Crippen molar-refractivity contribution in [1.29, 1.82) is 0 Å². The minimum absolute atomic E-state index is 0.0245. The molecule has 2 aliphatic rings. The molecular formula is C20H18N2O2. The maximum Gasteiger partial charge on any atom is 0.517 e. The predicted octanol–water partition coefficient (Wildman–Crippen LogP) is 3.57. The molecule has 120 valence electrons. The van der Waals surface area contributed by atoms with E-state index in [2.05, 4.69) is 46.0 Å². The number of rotatable bonds is 4. The molecule has 3 atom stereocenters. The Balaban J connectivity index is 2.29. The SMILES string of the molecule is [C-]#[N+]C(CC#CCOC(C)=O)([N+]#[C-])C1=C[C@H]2C=C[C@H](C2)[C@@H]1C=C=C. The van der Waals surface area contributed by atoms with Crippen LogP contribution < -0.4 is 0 Å². The monoisotopic (exact) mass is 318 g/mol. The Kier molecular flexibility index (Phi) is 5.44. The second-order valence-electron chi connectivity index (χ2n) is 5.82. The average molecular weight is 318 g/mol. The van der Waals surface area contributed by atoms with Gasteiger partial charge in [0.05, 0.1) is 0 Å². The lowest BCUT2D eigenvalue weighted by Gasteiger charge is -2.27. The highest BCUT2D eigenvalue weighted by atomic mass is 16.5. The van der Waals surface area contributed by atoms with Gasteiger partial charge in [0.25, 0.3) is 0 Å². The number of hydrogen-bond acceptors (Lipinski definition) is 2. The zero-order valence-corrected chi connectivity index (χ0v) is 13.6. The number of nitrogens with zero attached hydrogens (tertiary/aromatic N) is 2. The predicted molar refractivity (Wildman–Crippen MR) is 91.0 cm³/mol. The van der Waals surface area contributed by atoms with Crippen molar-refractivity contribution in [1.82, 2.24) is 0 Å². The molecule has 2 bridgehead atoms. The van der Waals surface area contributed by atoms with Gasteiger partial charge >= 0.3 is 11.6 Å². The number of carbonyl (C=O) groups excluding carboxylic acids is 1. The Labute approximate surface area is 142 Å². The molecule has 0 aromatic heterocycles. The quantitative estimate of drug-likeness (QED) is 0.261. The van der Waals surface area contributed by atoms with Crippen molar-refractivity contribution in [2.45, 2.75) is 25.4 Å². The molecule has 0 aromatic carbocycles. The van der Waals surface area contributed by atoms with Gasteiger partial charge in [-0.05, 0) is 24.3 Å². The topological polar surface area (TPSA) is 35.0 Å². The minimum Gasteiger partial charge on any atom is -0.453 e. The molecule has 0 heterocycles. The van der Waals surface area contributed by atoms with Gasteiger partial charge in [-0.25, -0.2) is 22.8 Å². The number of hydrogen-bond donors (Lipinski definition) is 0. The summed E-state index contributed by atoms with van der Waals surface area (Å²) in [5.74, 6) is 5.64. The van der Waals surface area contributed by atoms with E-state index in [1.807, 2.05) is 12.2 Å². The van der Waals surface area contributed by atoms with Crippen LogP contribution in [0, 0.1) is 42.7 Å². The first kappa shape index (κ1) is 17.4. The number of allylic oxidation sites excluding steroid dienone is 4. The van der Waals surface area contributed by atoms with E-state index in [9.17, 15) is 4.79 Å². The zero-order valence-electron chi connectivity index (χ0n) is 13.6. The van der Waals surface area contributed by atoms with Gasteiger partial charge < -0.3 is 4.74 Å². The van der Waals surface area contributed by atoms with Crippen molar-refractivity contribution in [3.8, 4) is 11.8 Å². The van der Waals surface area contributed by atoms with E-state index in [4.69, 9.17) is 17.9 Å². The Morgan fingerprint density at radius 2 is 2.21 bits per heavy atom. The van der Waals surface area contributed by atoms with Crippen LogP contribution in [0.2, 0.25) is 0 Å². The van der Waals surface area contributed by atoms with Crippen molar-refractivity contribution in [3.63, 3.8) is 0 Å². The molecule has 0 aromatic rings. The van der Waals surface area contributed by atoms with Crippen molar-refractivity contribution in [2.75, 3.05) is 6.61 Å². The molecule has 0 spiro atoms. The summed E-state index contributed by atoms with van der Waals surface area (Å²) < 4.78 is 4.76. The van der Waals surface area contributed by atoms with Gasteiger partial charge in [-0.1, -0.05) is 36.6 Å². The van der Waals surface area contributed by atoms with Crippen LogP contribution in [0.1, 0.15) is 19.8 Å².